The first-order valence-electron chi connectivity index (χ1n) is 6.05. The van der Waals surface area contributed by atoms with Gasteiger partial charge in [0.15, 0.2) is 5.12 Å². The molecule has 0 saturated heterocycles. The summed E-state index contributed by atoms with van der Waals surface area (Å²) < 4.78 is 0. The molecule has 0 aromatic heterocycles. The zero-order valence-electron chi connectivity index (χ0n) is 11.3. The van der Waals surface area contributed by atoms with Crippen LogP contribution in [0.5, 0.6) is 0 Å². The third kappa shape index (κ3) is 4.67. The fourth-order valence-corrected chi connectivity index (χ4v) is 2.49. The topological polar surface area (TPSA) is 43.1 Å². The van der Waals surface area contributed by atoms with Crippen molar-refractivity contribution in [3.8, 4) is 0 Å². The second-order valence-electron chi connectivity index (χ2n) is 5.77. The molecule has 0 saturated carbocycles. The number of nitrogens with two attached hydrogens (primary N) is 1. The van der Waals surface area contributed by atoms with Gasteiger partial charge in [0.2, 0.25) is 0 Å². The minimum absolute atomic E-state index is 0.125. The van der Waals surface area contributed by atoms with E-state index in [9.17, 15) is 4.79 Å². The van der Waals surface area contributed by atoms with Gasteiger partial charge in [-0.3, -0.25) is 4.79 Å². The molecule has 0 spiro atoms. The van der Waals surface area contributed by atoms with Crippen LogP contribution in [0, 0.1) is 5.41 Å². The highest BCUT2D eigenvalue weighted by Gasteiger charge is 2.31. The second kappa shape index (κ2) is 6.49. The fourth-order valence-electron chi connectivity index (χ4n) is 1.99. The first kappa shape index (κ1) is 16.8. The smallest absolute Gasteiger partial charge is 0.186 e. The third-order valence-corrected chi connectivity index (χ3v) is 4.12. The van der Waals surface area contributed by atoms with E-state index in [1.807, 2.05) is 26.8 Å². The summed E-state index contributed by atoms with van der Waals surface area (Å²) >= 11 is 15.8. The van der Waals surface area contributed by atoms with E-state index >= 15 is 0 Å². The first-order valence-corrected chi connectivity index (χ1v) is 7.25. The summed E-state index contributed by atoms with van der Waals surface area (Å²) in [5, 5.41) is 0.776. The van der Waals surface area contributed by atoms with Crippen molar-refractivity contribution in [1.29, 1.82) is 0 Å². The molecule has 0 radical (unpaired) electrons. The molecule has 1 aromatic carbocycles. The van der Waals surface area contributed by atoms with E-state index in [1.54, 1.807) is 12.1 Å². The molecule has 0 aliphatic carbocycles. The lowest BCUT2D eigenvalue weighted by molar-refractivity contribution is -0.111. The predicted molar refractivity (Wildman–Crippen MR) is 85.2 cm³/mol. The van der Waals surface area contributed by atoms with Crippen molar-refractivity contribution < 1.29 is 4.79 Å². The Morgan fingerprint density at radius 1 is 1.32 bits per heavy atom. The molecule has 2 atom stereocenters. The van der Waals surface area contributed by atoms with Crippen LogP contribution in [0.1, 0.15) is 38.7 Å². The van der Waals surface area contributed by atoms with Gasteiger partial charge in [-0.15, -0.1) is 12.6 Å². The number of benzene rings is 1. The van der Waals surface area contributed by atoms with Crippen LogP contribution in [0.15, 0.2) is 18.2 Å². The standard InChI is InChI=1S/C14H19Cl2NOS/c1-14(2,3)13(17)9(7-12(18)19)8-4-5-10(15)11(16)6-8/h4-6,9,13H,7,17H2,1-3H3,(H,18,19). The van der Waals surface area contributed by atoms with Gasteiger partial charge in [0, 0.05) is 18.4 Å². The number of rotatable bonds is 4. The molecular formula is C14H19Cl2NOS. The van der Waals surface area contributed by atoms with Crippen LogP contribution in [0.2, 0.25) is 10.0 Å². The van der Waals surface area contributed by atoms with E-state index < -0.39 is 0 Å². The lowest BCUT2D eigenvalue weighted by atomic mass is 9.75. The Morgan fingerprint density at radius 2 is 1.89 bits per heavy atom. The number of carbonyl (C=O) groups is 1. The summed E-state index contributed by atoms with van der Waals surface area (Å²) in [6.07, 6.45) is 0.277. The van der Waals surface area contributed by atoms with Gasteiger partial charge in [-0.1, -0.05) is 50.0 Å². The van der Waals surface area contributed by atoms with E-state index in [-0.39, 0.29) is 28.9 Å². The Kier molecular flexibility index (Phi) is 5.75. The Labute approximate surface area is 130 Å². The quantitative estimate of drug-likeness (QED) is 0.813. The minimum Gasteiger partial charge on any atom is -0.327 e. The first-order chi connectivity index (χ1) is 8.62. The van der Waals surface area contributed by atoms with Gasteiger partial charge < -0.3 is 5.73 Å². The molecule has 0 fully saturated rings. The van der Waals surface area contributed by atoms with E-state index in [4.69, 9.17) is 28.9 Å². The lowest BCUT2D eigenvalue weighted by Crippen LogP contribution is -2.41. The largest absolute Gasteiger partial charge is 0.327 e. The highest BCUT2D eigenvalue weighted by Crippen LogP contribution is 2.35. The van der Waals surface area contributed by atoms with Crippen molar-refractivity contribution >= 4 is 40.9 Å². The predicted octanol–water partition coefficient (Wildman–Crippen LogP) is 4.30. The molecule has 0 heterocycles. The minimum atomic E-state index is -0.184. The third-order valence-electron chi connectivity index (χ3n) is 3.20. The van der Waals surface area contributed by atoms with E-state index in [1.165, 1.54) is 0 Å². The maximum atomic E-state index is 11.4. The molecule has 106 valence electrons. The lowest BCUT2D eigenvalue weighted by Gasteiger charge is -2.34. The average molecular weight is 320 g/mol. The van der Waals surface area contributed by atoms with E-state index in [0.29, 0.717) is 10.0 Å². The molecule has 0 amide bonds. The highest BCUT2D eigenvalue weighted by atomic mass is 35.5. The zero-order valence-corrected chi connectivity index (χ0v) is 13.7. The summed E-state index contributed by atoms with van der Waals surface area (Å²) in [5.41, 5.74) is 7.09. The molecule has 1 rings (SSSR count). The van der Waals surface area contributed by atoms with Gasteiger partial charge in [0.05, 0.1) is 10.0 Å². The number of carbonyl (C=O) groups excluding carboxylic acids is 1. The van der Waals surface area contributed by atoms with Crippen molar-refractivity contribution in [2.75, 3.05) is 0 Å². The SMILES string of the molecule is CC(C)(C)C(N)C(CC(=O)S)c1ccc(Cl)c(Cl)c1. The molecule has 2 nitrogen and oxygen atoms in total. The van der Waals surface area contributed by atoms with Gasteiger partial charge in [-0.05, 0) is 23.1 Å². The van der Waals surface area contributed by atoms with E-state index in [2.05, 4.69) is 12.6 Å². The van der Waals surface area contributed by atoms with Crippen LogP contribution in [0.25, 0.3) is 0 Å². The van der Waals surface area contributed by atoms with Gasteiger partial charge in [0.25, 0.3) is 0 Å². The van der Waals surface area contributed by atoms with Crippen LogP contribution < -0.4 is 5.73 Å². The normalized spacial score (nSPS) is 15.1. The fraction of sp³-hybridized carbons (Fsp3) is 0.500. The Balaban J connectivity index is 3.16. The molecule has 2 N–H and O–H groups in total. The zero-order chi connectivity index (χ0) is 14.8. The molecular weight excluding hydrogens is 301 g/mol. The number of thiol groups is 1. The van der Waals surface area contributed by atoms with E-state index in [0.717, 1.165) is 5.56 Å². The molecule has 1 aromatic rings. The average Bonchev–Trinajstić information content (AvgIpc) is 2.27. The van der Waals surface area contributed by atoms with Crippen LogP contribution in [-0.2, 0) is 4.79 Å². The van der Waals surface area contributed by atoms with Crippen molar-refractivity contribution in [3.63, 3.8) is 0 Å². The molecule has 19 heavy (non-hydrogen) atoms. The van der Waals surface area contributed by atoms with Gasteiger partial charge in [0.1, 0.15) is 0 Å². The molecule has 0 bridgehead atoms. The van der Waals surface area contributed by atoms with Crippen LogP contribution in [0.3, 0.4) is 0 Å². The Bertz CT molecular complexity index is 471. The summed E-state index contributed by atoms with van der Waals surface area (Å²) in [4.78, 5) is 11.4. The van der Waals surface area contributed by atoms with Crippen LogP contribution >= 0.6 is 35.8 Å². The molecule has 5 heteroatoms. The number of hydrogen-bond donors (Lipinski definition) is 2. The van der Waals surface area contributed by atoms with Crippen LogP contribution in [-0.4, -0.2) is 11.2 Å². The van der Waals surface area contributed by atoms with Crippen molar-refractivity contribution in [2.24, 2.45) is 11.1 Å². The summed E-state index contributed by atoms with van der Waals surface area (Å²) in [6.45, 7) is 6.14. The van der Waals surface area contributed by atoms with Gasteiger partial charge in [-0.25, -0.2) is 0 Å². The van der Waals surface area contributed by atoms with Crippen molar-refractivity contribution in [2.45, 2.75) is 39.2 Å². The summed E-state index contributed by atoms with van der Waals surface area (Å²) in [7, 11) is 0. The molecule has 0 aliphatic heterocycles. The Hall–Kier alpha value is -0.220. The monoisotopic (exact) mass is 319 g/mol. The van der Waals surface area contributed by atoms with Crippen molar-refractivity contribution in [3.05, 3.63) is 33.8 Å². The number of halogens is 2. The van der Waals surface area contributed by atoms with Gasteiger partial charge in [-0.2, -0.15) is 0 Å². The van der Waals surface area contributed by atoms with Crippen molar-refractivity contribution in [1.82, 2.24) is 0 Å². The second-order valence-corrected chi connectivity index (χ2v) is 7.08. The van der Waals surface area contributed by atoms with Crippen LogP contribution in [0.4, 0.5) is 0 Å². The Morgan fingerprint density at radius 3 is 2.32 bits per heavy atom. The highest BCUT2D eigenvalue weighted by molar-refractivity contribution is 7.96. The maximum absolute atomic E-state index is 11.4. The summed E-state index contributed by atoms with van der Waals surface area (Å²) in [6, 6.07) is 5.18. The number of hydrogen-bond acceptors (Lipinski definition) is 2. The summed E-state index contributed by atoms with van der Waals surface area (Å²) in [5.74, 6) is -0.125. The molecule has 2 unspecified atom stereocenters. The molecule has 0 aliphatic rings. The van der Waals surface area contributed by atoms with Gasteiger partial charge >= 0.3 is 0 Å². The maximum Gasteiger partial charge on any atom is 0.186 e.